The highest BCUT2D eigenvalue weighted by molar-refractivity contribution is 6.37. The van der Waals surface area contributed by atoms with Gasteiger partial charge in [-0.15, -0.1) is 0 Å². The molecule has 98 valence electrons. The summed E-state index contributed by atoms with van der Waals surface area (Å²) in [5.74, 6) is -0.618. The van der Waals surface area contributed by atoms with E-state index in [1.165, 1.54) is 6.07 Å². The van der Waals surface area contributed by atoms with Crippen LogP contribution < -0.4 is 11.1 Å². The van der Waals surface area contributed by atoms with Crippen molar-refractivity contribution in [2.75, 3.05) is 25.1 Å². The van der Waals surface area contributed by atoms with Gasteiger partial charge < -0.3 is 20.5 Å². The molecule has 1 aromatic carbocycles. The van der Waals surface area contributed by atoms with Crippen molar-refractivity contribution < 1.29 is 14.3 Å². The molecule has 18 heavy (non-hydrogen) atoms. The molecule has 1 aliphatic rings. The van der Waals surface area contributed by atoms with Crippen molar-refractivity contribution in [1.29, 1.82) is 0 Å². The van der Waals surface area contributed by atoms with Gasteiger partial charge in [-0.05, 0) is 12.1 Å². The van der Waals surface area contributed by atoms with Crippen LogP contribution in [0.4, 0.5) is 5.69 Å². The lowest BCUT2D eigenvalue weighted by molar-refractivity contribution is -0.0299. The Balaban J connectivity index is 2.16. The number of ether oxygens (including phenoxy) is 2. The molecule has 0 radical (unpaired) electrons. The van der Waals surface area contributed by atoms with Gasteiger partial charge in [0.25, 0.3) is 5.91 Å². The molecule has 1 saturated heterocycles. The van der Waals surface area contributed by atoms with Crippen molar-refractivity contribution in [2.24, 2.45) is 5.73 Å². The summed E-state index contributed by atoms with van der Waals surface area (Å²) in [6.45, 7) is 1.51. The first kappa shape index (κ1) is 13.4. The van der Waals surface area contributed by atoms with Crippen LogP contribution in [-0.2, 0) is 9.47 Å². The lowest BCUT2D eigenvalue weighted by Gasteiger charge is -2.15. The maximum Gasteiger partial charge on any atom is 0.252 e. The molecule has 5 nitrogen and oxygen atoms in total. The van der Waals surface area contributed by atoms with Crippen LogP contribution in [0.5, 0.6) is 0 Å². The molecular weight excluding hydrogens is 279 g/mol. The minimum absolute atomic E-state index is 0.207. The van der Waals surface area contributed by atoms with Gasteiger partial charge >= 0.3 is 0 Å². The number of carbonyl (C=O) groups excluding carboxylic acids is 1. The van der Waals surface area contributed by atoms with E-state index in [0.717, 1.165) is 0 Å². The summed E-state index contributed by atoms with van der Waals surface area (Å²) in [5, 5.41) is 3.63. The largest absolute Gasteiger partial charge is 0.379 e. The number of halogens is 2. The Labute approximate surface area is 114 Å². The molecule has 3 N–H and O–H groups in total. The van der Waals surface area contributed by atoms with Gasteiger partial charge in [0.1, 0.15) is 0 Å². The predicted molar refractivity (Wildman–Crippen MR) is 69.2 cm³/mol. The molecule has 1 heterocycles. The van der Waals surface area contributed by atoms with E-state index in [1.54, 1.807) is 6.07 Å². The van der Waals surface area contributed by atoms with Gasteiger partial charge in [0.15, 0.2) is 6.29 Å². The number of nitrogens with one attached hydrogen (secondary N) is 1. The number of primary amides is 1. The topological polar surface area (TPSA) is 73.6 Å². The van der Waals surface area contributed by atoms with Crippen molar-refractivity contribution in [3.8, 4) is 0 Å². The first-order valence-electron chi connectivity index (χ1n) is 5.34. The summed E-state index contributed by atoms with van der Waals surface area (Å²) in [6.07, 6.45) is -0.344. The van der Waals surface area contributed by atoms with E-state index in [-0.39, 0.29) is 16.9 Å². The maximum absolute atomic E-state index is 11.3. The van der Waals surface area contributed by atoms with E-state index >= 15 is 0 Å². The van der Waals surface area contributed by atoms with Crippen LogP contribution in [0, 0.1) is 0 Å². The lowest BCUT2D eigenvalue weighted by atomic mass is 10.1. The zero-order valence-corrected chi connectivity index (χ0v) is 10.9. The molecule has 2 rings (SSSR count). The molecule has 0 atom stereocenters. The number of rotatable bonds is 4. The molecule has 0 saturated carbocycles. The summed E-state index contributed by atoms with van der Waals surface area (Å²) in [7, 11) is 0. The second-order valence-corrected chi connectivity index (χ2v) is 4.57. The van der Waals surface area contributed by atoms with E-state index in [9.17, 15) is 4.79 Å². The minimum Gasteiger partial charge on any atom is -0.379 e. The number of nitrogens with two attached hydrogens (primary N) is 1. The van der Waals surface area contributed by atoms with Gasteiger partial charge in [-0.2, -0.15) is 0 Å². The van der Waals surface area contributed by atoms with Crippen molar-refractivity contribution in [1.82, 2.24) is 0 Å². The highest BCUT2D eigenvalue weighted by Crippen LogP contribution is 2.29. The molecule has 1 amide bonds. The summed E-state index contributed by atoms with van der Waals surface area (Å²) < 4.78 is 10.5. The molecule has 0 aromatic heterocycles. The van der Waals surface area contributed by atoms with Gasteiger partial charge in [0.05, 0.1) is 36.0 Å². The van der Waals surface area contributed by atoms with Crippen LogP contribution >= 0.6 is 23.2 Å². The number of carbonyl (C=O) groups is 1. The Morgan fingerprint density at radius 1 is 1.39 bits per heavy atom. The normalized spacial score (nSPS) is 15.9. The second kappa shape index (κ2) is 5.75. The first-order valence-corrected chi connectivity index (χ1v) is 6.09. The maximum atomic E-state index is 11.3. The molecule has 0 spiro atoms. The van der Waals surface area contributed by atoms with E-state index in [4.69, 9.17) is 38.4 Å². The van der Waals surface area contributed by atoms with Crippen LogP contribution in [0.3, 0.4) is 0 Å². The molecular formula is C11H12Cl2N2O3. The fourth-order valence-corrected chi connectivity index (χ4v) is 2.27. The van der Waals surface area contributed by atoms with Crippen molar-refractivity contribution in [2.45, 2.75) is 6.29 Å². The van der Waals surface area contributed by atoms with Crippen LogP contribution in [0.25, 0.3) is 0 Å². The molecule has 0 bridgehead atoms. The van der Waals surface area contributed by atoms with Gasteiger partial charge in [-0.25, -0.2) is 0 Å². The third-order valence-electron chi connectivity index (χ3n) is 2.45. The Bertz CT molecular complexity index is 462. The highest BCUT2D eigenvalue weighted by atomic mass is 35.5. The van der Waals surface area contributed by atoms with Crippen LogP contribution in [0.2, 0.25) is 10.0 Å². The SMILES string of the molecule is NC(=O)c1c(Cl)cc(Cl)cc1NCC1OCCO1. The average Bonchev–Trinajstić information content (AvgIpc) is 2.77. The van der Waals surface area contributed by atoms with Gasteiger partial charge in [-0.1, -0.05) is 23.2 Å². The van der Waals surface area contributed by atoms with Crippen LogP contribution in [0.15, 0.2) is 12.1 Å². The standard InChI is InChI=1S/C11H12Cl2N2O3/c12-6-3-7(13)10(11(14)16)8(4-6)15-5-9-17-1-2-18-9/h3-4,9,15H,1-2,5H2,(H2,14,16). The quantitative estimate of drug-likeness (QED) is 0.888. The molecule has 1 aliphatic heterocycles. The van der Waals surface area contributed by atoms with Gasteiger partial charge in [-0.3, -0.25) is 4.79 Å². The predicted octanol–water partition coefficient (Wildman–Crippen LogP) is 1.88. The third kappa shape index (κ3) is 3.05. The van der Waals surface area contributed by atoms with Crippen LogP contribution in [0.1, 0.15) is 10.4 Å². The fourth-order valence-electron chi connectivity index (χ4n) is 1.68. The Kier molecular flexibility index (Phi) is 4.29. The first-order chi connectivity index (χ1) is 8.58. The zero-order chi connectivity index (χ0) is 13.1. The zero-order valence-electron chi connectivity index (χ0n) is 9.41. The van der Waals surface area contributed by atoms with Crippen molar-refractivity contribution in [3.63, 3.8) is 0 Å². The molecule has 1 fully saturated rings. The summed E-state index contributed by atoms with van der Waals surface area (Å²) in [6, 6.07) is 3.05. The number of benzene rings is 1. The Morgan fingerprint density at radius 2 is 2.06 bits per heavy atom. The monoisotopic (exact) mass is 290 g/mol. The van der Waals surface area contributed by atoms with Crippen molar-refractivity contribution >= 4 is 34.8 Å². The van der Waals surface area contributed by atoms with E-state index in [2.05, 4.69) is 5.32 Å². The molecule has 0 aliphatic carbocycles. The Hall–Kier alpha value is -1.01. The lowest BCUT2D eigenvalue weighted by Crippen LogP contribution is -2.22. The molecule has 1 aromatic rings. The number of anilines is 1. The van der Waals surface area contributed by atoms with Gasteiger partial charge in [0, 0.05) is 5.02 Å². The number of hydrogen-bond acceptors (Lipinski definition) is 4. The summed E-state index contributed by atoms with van der Waals surface area (Å²) >= 11 is 11.8. The average molecular weight is 291 g/mol. The molecule has 0 unspecified atom stereocenters. The van der Waals surface area contributed by atoms with Crippen molar-refractivity contribution in [3.05, 3.63) is 27.7 Å². The molecule has 7 heteroatoms. The minimum atomic E-state index is -0.618. The smallest absolute Gasteiger partial charge is 0.252 e. The second-order valence-electron chi connectivity index (χ2n) is 3.73. The van der Waals surface area contributed by atoms with E-state index < -0.39 is 5.91 Å². The van der Waals surface area contributed by atoms with Gasteiger partial charge in [0.2, 0.25) is 0 Å². The number of amides is 1. The van der Waals surface area contributed by atoms with E-state index in [1.807, 2.05) is 0 Å². The third-order valence-corrected chi connectivity index (χ3v) is 2.97. The highest BCUT2D eigenvalue weighted by Gasteiger charge is 2.18. The van der Waals surface area contributed by atoms with Crippen LogP contribution in [-0.4, -0.2) is 32.0 Å². The number of hydrogen-bond donors (Lipinski definition) is 2. The fraction of sp³-hybridized carbons (Fsp3) is 0.364. The summed E-state index contributed by atoms with van der Waals surface area (Å²) in [4.78, 5) is 11.3. The Morgan fingerprint density at radius 3 is 2.67 bits per heavy atom. The summed E-state index contributed by atoms with van der Waals surface area (Å²) in [5.41, 5.74) is 5.96. The van der Waals surface area contributed by atoms with E-state index in [0.29, 0.717) is 30.5 Å².